The van der Waals surface area contributed by atoms with Gasteiger partial charge in [0.05, 0.1) is 0 Å². The molecule has 0 saturated carbocycles. The normalized spacial score (nSPS) is 10.3. The van der Waals surface area contributed by atoms with Crippen LogP contribution in [-0.2, 0) is 6.54 Å². The summed E-state index contributed by atoms with van der Waals surface area (Å²) < 4.78 is 0. The second-order valence-electron chi connectivity index (χ2n) is 5.50. The number of anilines is 2. The van der Waals surface area contributed by atoms with Crippen LogP contribution in [0.4, 0.5) is 11.5 Å². The summed E-state index contributed by atoms with van der Waals surface area (Å²) in [7, 11) is 0. The molecule has 3 rings (SSSR count). The first-order chi connectivity index (χ1) is 12.1. The number of carbonyl (C=O) groups is 1. The lowest BCUT2D eigenvalue weighted by Crippen LogP contribution is -2.24. The van der Waals surface area contributed by atoms with Gasteiger partial charge in [0.1, 0.15) is 17.8 Å². The standard InChI is InChI=1S/C19H17ClN4O/c1-13-6-2-5-9-16(13)24-18-10-17(22-12-23-18)19(25)21-11-14-7-3-4-8-15(14)20/h2-10,12H,11H2,1H3,(H,21,25)(H,22,23,24). The number of nitrogens with zero attached hydrogens (tertiary/aromatic N) is 2. The number of hydrogen-bond acceptors (Lipinski definition) is 4. The highest BCUT2D eigenvalue weighted by Gasteiger charge is 2.10. The minimum Gasteiger partial charge on any atom is -0.347 e. The van der Waals surface area contributed by atoms with E-state index >= 15 is 0 Å². The Balaban J connectivity index is 1.69. The van der Waals surface area contributed by atoms with Crippen LogP contribution in [0.2, 0.25) is 5.02 Å². The van der Waals surface area contributed by atoms with Gasteiger partial charge in [-0.15, -0.1) is 0 Å². The van der Waals surface area contributed by atoms with E-state index in [0.717, 1.165) is 16.8 Å². The van der Waals surface area contributed by atoms with E-state index in [2.05, 4.69) is 20.6 Å². The fraction of sp³-hybridized carbons (Fsp3) is 0.105. The monoisotopic (exact) mass is 352 g/mol. The zero-order valence-electron chi connectivity index (χ0n) is 13.7. The van der Waals surface area contributed by atoms with Gasteiger partial charge in [0.25, 0.3) is 5.91 Å². The Bertz CT molecular complexity index is 898. The first kappa shape index (κ1) is 16.9. The number of benzene rings is 2. The highest BCUT2D eigenvalue weighted by atomic mass is 35.5. The molecule has 6 heteroatoms. The van der Waals surface area contributed by atoms with Crippen molar-refractivity contribution in [3.05, 3.63) is 82.8 Å². The maximum absolute atomic E-state index is 12.3. The lowest BCUT2D eigenvalue weighted by atomic mass is 10.2. The van der Waals surface area contributed by atoms with Crippen LogP contribution >= 0.6 is 11.6 Å². The van der Waals surface area contributed by atoms with E-state index in [4.69, 9.17) is 11.6 Å². The number of hydrogen-bond donors (Lipinski definition) is 2. The summed E-state index contributed by atoms with van der Waals surface area (Å²) in [5, 5.41) is 6.63. The smallest absolute Gasteiger partial charge is 0.270 e. The molecule has 126 valence electrons. The number of amides is 1. The average Bonchev–Trinajstić information content (AvgIpc) is 2.63. The minimum atomic E-state index is -0.282. The van der Waals surface area contributed by atoms with Crippen LogP contribution in [0.25, 0.3) is 0 Å². The molecule has 0 aliphatic carbocycles. The fourth-order valence-corrected chi connectivity index (χ4v) is 2.51. The van der Waals surface area contributed by atoms with Gasteiger partial charge in [-0.3, -0.25) is 4.79 Å². The Hall–Kier alpha value is -2.92. The first-order valence-electron chi connectivity index (χ1n) is 7.80. The average molecular weight is 353 g/mol. The van der Waals surface area contributed by atoms with E-state index in [1.54, 1.807) is 12.1 Å². The molecule has 0 aliphatic heterocycles. The van der Waals surface area contributed by atoms with Crippen molar-refractivity contribution in [2.45, 2.75) is 13.5 Å². The maximum Gasteiger partial charge on any atom is 0.270 e. The maximum atomic E-state index is 12.3. The van der Waals surface area contributed by atoms with Gasteiger partial charge in [-0.1, -0.05) is 48.0 Å². The lowest BCUT2D eigenvalue weighted by Gasteiger charge is -2.10. The zero-order valence-corrected chi connectivity index (χ0v) is 14.4. The van der Waals surface area contributed by atoms with Gasteiger partial charge < -0.3 is 10.6 Å². The molecule has 0 aliphatic rings. The largest absolute Gasteiger partial charge is 0.347 e. The van der Waals surface area contributed by atoms with Crippen molar-refractivity contribution >= 4 is 29.0 Å². The van der Waals surface area contributed by atoms with Gasteiger partial charge in [0.2, 0.25) is 0 Å². The molecule has 1 aromatic heterocycles. The molecule has 5 nitrogen and oxygen atoms in total. The number of aromatic nitrogens is 2. The lowest BCUT2D eigenvalue weighted by molar-refractivity contribution is 0.0946. The third-order valence-corrected chi connectivity index (χ3v) is 4.07. The first-order valence-corrected chi connectivity index (χ1v) is 8.17. The Morgan fingerprint density at radius 2 is 1.84 bits per heavy atom. The van der Waals surface area contributed by atoms with Crippen molar-refractivity contribution in [3.8, 4) is 0 Å². The van der Waals surface area contributed by atoms with E-state index in [9.17, 15) is 4.79 Å². The van der Waals surface area contributed by atoms with Crippen molar-refractivity contribution in [3.63, 3.8) is 0 Å². The predicted octanol–water partition coefficient (Wildman–Crippen LogP) is 4.11. The van der Waals surface area contributed by atoms with Gasteiger partial charge in [-0.05, 0) is 30.2 Å². The number of carbonyl (C=O) groups excluding carboxylic acids is 1. The molecule has 0 fully saturated rings. The van der Waals surface area contributed by atoms with Crippen molar-refractivity contribution < 1.29 is 4.79 Å². The van der Waals surface area contributed by atoms with Crippen molar-refractivity contribution in [2.75, 3.05) is 5.32 Å². The molecule has 2 N–H and O–H groups in total. The number of rotatable bonds is 5. The Morgan fingerprint density at radius 1 is 1.08 bits per heavy atom. The Labute approximate surface area is 151 Å². The van der Waals surface area contributed by atoms with Crippen LogP contribution in [-0.4, -0.2) is 15.9 Å². The Kier molecular flexibility index (Phi) is 5.26. The fourth-order valence-electron chi connectivity index (χ4n) is 2.31. The van der Waals surface area contributed by atoms with Crippen LogP contribution in [0, 0.1) is 6.92 Å². The summed E-state index contributed by atoms with van der Waals surface area (Å²) in [6, 6.07) is 16.9. The van der Waals surface area contributed by atoms with Crippen LogP contribution < -0.4 is 10.6 Å². The summed E-state index contributed by atoms with van der Waals surface area (Å²) in [6.07, 6.45) is 1.37. The molecule has 3 aromatic rings. The summed E-state index contributed by atoms with van der Waals surface area (Å²) in [5.41, 5.74) is 3.16. The summed E-state index contributed by atoms with van der Waals surface area (Å²) in [5.74, 6) is 0.280. The predicted molar refractivity (Wildman–Crippen MR) is 99.1 cm³/mol. The molecule has 0 radical (unpaired) electrons. The van der Waals surface area contributed by atoms with Gasteiger partial charge in [-0.2, -0.15) is 0 Å². The molecule has 0 saturated heterocycles. The van der Waals surface area contributed by atoms with Crippen molar-refractivity contribution in [1.82, 2.24) is 15.3 Å². The van der Waals surface area contributed by atoms with Crippen LogP contribution in [0.1, 0.15) is 21.6 Å². The van der Waals surface area contributed by atoms with Gasteiger partial charge in [0, 0.05) is 23.3 Å². The highest BCUT2D eigenvalue weighted by Crippen LogP contribution is 2.19. The third kappa shape index (κ3) is 4.33. The highest BCUT2D eigenvalue weighted by molar-refractivity contribution is 6.31. The SMILES string of the molecule is Cc1ccccc1Nc1cc(C(=O)NCc2ccccc2Cl)ncn1. The van der Waals surface area contributed by atoms with E-state index < -0.39 is 0 Å². The van der Waals surface area contributed by atoms with Crippen molar-refractivity contribution in [2.24, 2.45) is 0 Å². The quantitative estimate of drug-likeness (QED) is 0.725. The second-order valence-corrected chi connectivity index (χ2v) is 5.91. The second kappa shape index (κ2) is 7.77. The van der Waals surface area contributed by atoms with Crippen LogP contribution in [0.15, 0.2) is 60.9 Å². The molecular formula is C19H17ClN4O. The van der Waals surface area contributed by atoms with Gasteiger partial charge in [0.15, 0.2) is 0 Å². The van der Waals surface area contributed by atoms with Crippen LogP contribution in [0.5, 0.6) is 0 Å². The molecule has 0 unspecified atom stereocenters. The molecule has 2 aromatic carbocycles. The number of para-hydroxylation sites is 1. The molecule has 25 heavy (non-hydrogen) atoms. The number of halogens is 1. The van der Waals surface area contributed by atoms with Gasteiger partial charge >= 0.3 is 0 Å². The van der Waals surface area contributed by atoms with E-state index in [-0.39, 0.29) is 11.6 Å². The summed E-state index contributed by atoms with van der Waals surface area (Å²) in [6.45, 7) is 2.34. The summed E-state index contributed by atoms with van der Waals surface area (Å²) >= 11 is 6.10. The van der Waals surface area contributed by atoms with E-state index in [1.807, 2.05) is 49.4 Å². The van der Waals surface area contributed by atoms with Crippen LogP contribution in [0.3, 0.4) is 0 Å². The molecule has 0 spiro atoms. The minimum absolute atomic E-state index is 0.282. The zero-order chi connectivity index (χ0) is 17.6. The number of nitrogens with one attached hydrogen (secondary N) is 2. The third-order valence-electron chi connectivity index (χ3n) is 3.70. The number of aryl methyl sites for hydroxylation is 1. The molecular weight excluding hydrogens is 336 g/mol. The topological polar surface area (TPSA) is 66.9 Å². The van der Waals surface area contributed by atoms with E-state index in [1.165, 1.54) is 6.33 Å². The summed E-state index contributed by atoms with van der Waals surface area (Å²) in [4.78, 5) is 20.5. The van der Waals surface area contributed by atoms with Crippen molar-refractivity contribution in [1.29, 1.82) is 0 Å². The molecule has 0 bridgehead atoms. The van der Waals surface area contributed by atoms with Gasteiger partial charge in [-0.25, -0.2) is 9.97 Å². The molecule has 0 atom stereocenters. The van der Waals surface area contributed by atoms with E-state index in [0.29, 0.717) is 17.4 Å². The Morgan fingerprint density at radius 3 is 2.64 bits per heavy atom. The molecule has 1 amide bonds. The molecule has 1 heterocycles.